The second-order valence-electron chi connectivity index (χ2n) is 5.76. The minimum atomic E-state index is 0.0368. The fraction of sp³-hybridized carbons (Fsp3) is 0.625. The number of benzene rings is 1. The average Bonchev–Trinajstić information content (AvgIpc) is 2.66. The van der Waals surface area contributed by atoms with Gasteiger partial charge in [-0.2, -0.15) is 0 Å². The molecule has 2 N–H and O–H groups in total. The Labute approximate surface area is 121 Å². The number of hydrogen-bond donors (Lipinski definition) is 1. The van der Waals surface area contributed by atoms with Gasteiger partial charge in [0.2, 0.25) is 0 Å². The smallest absolute Gasteiger partial charge is 0.0642 e. The Hall–Kier alpha value is -0.730. The van der Waals surface area contributed by atoms with Gasteiger partial charge in [0.05, 0.1) is 10.7 Å². The van der Waals surface area contributed by atoms with E-state index in [1.165, 1.54) is 38.5 Å². The summed E-state index contributed by atoms with van der Waals surface area (Å²) < 4.78 is 0. The molecule has 0 radical (unpaired) electrons. The predicted molar refractivity (Wildman–Crippen MR) is 83.9 cm³/mol. The van der Waals surface area contributed by atoms with Gasteiger partial charge in [0.15, 0.2) is 0 Å². The van der Waals surface area contributed by atoms with Crippen molar-refractivity contribution in [2.24, 2.45) is 5.73 Å². The van der Waals surface area contributed by atoms with Crippen molar-refractivity contribution < 1.29 is 0 Å². The molecular formula is C16H25ClN2. The van der Waals surface area contributed by atoms with E-state index in [1.807, 2.05) is 13.0 Å². The first-order valence-corrected chi connectivity index (χ1v) is 7.75. The van der Waals surface area contributed by atoms with Gasteiger partial charge >= 0.3 is 0 Å². The lowest BCUT2D eigenvalue weighted by molar-refractivity contribution is 0.553. The Balaban J connectivity index is 2.15. The van der Waals surface area contributed by atoms with Crippen LogP contribution >= 0.6 is 11.6 Å². The van der Waals surface area contributed by atoms with Crippen molar-refractivity contribution in [2.75, 3.05) is 11.9 Å². The molecule has 0 heterocycles. The van der Waals surface area contributed by atoms with Crippen LogP contribution in [-0.4, -0.2) is 13.1 Å². The summed E-state index contributed by atoms with van der Waals surface area (Å²) in [5.74, 6) is 0. The van der Waals surface area contributed by atoms with E-state index >= 15 is 0 Å². The number of hydrogen-bond acceptors (Lipinski definition) is 2. The summed E-state index contributed by atoms with van der Waals surface area (Å²) >= 11 is 6.43. The molecule has 0 saturated heterocycles. The SMILES string of the molecule is C[C@@H](N)c1ccc(N(C)C2CCCCCC2)c(Cl)c1. The molecule has 0 unspecified atom stereocenters. The zero-order valence-electron chi connectivity index (χ0n) is 12.0. The molecular weight excluding hydrogens is 256 g/mol. The van der Waals surface area contributed by atoms with Crippen LogP contribution < -0.4 is 10.6 Å². The van der Waals surface area contributed by atoms with E-state index in [0.717, 1.165) is 16.3 Å². The summed E-state index contributed by atoms with van der Waals surface area (Å²) in [6.45, 7) is 1.99. The molecule has 1 aromatic carbocycles. The van der Waals surface area contributed by atoms with Gasteiger partial charge in [0.25, 0.3) is 0 Å². The van der Waals surface area contributed by atoms with E-state index < -0.39 is 0 Å². The Morgan fingerprint density at radius 2 is 1.84 bits per heavy atom. The van der Waals surface area contributed by atoms with Gasteiger partial charge in [-0.1, -0.05) is 43.4 Å². The lowest BCUT2D eigenvalue weighted by Crippen LogP contribution is -2.31. The van der Waals surface area contributed by atoms with Crippen molar-refractivity contribution in [2.45, 2.75) is 57.5 Å². The van der Waals surface area contributed by atoms with Crippen LogP contribution in [0.3, 0.4) is 0 Å². The molecule has 2 rings (SSSR count). The van der Waals surface area contributed by atoms with Crippen molar-refractivity contribution in [3.8, 4) is 0 Å². The van der Waals surface area contributed by atoms with E-state index in [0.29, 0.717) is 6.04 Å². The molecule has 1 fully saturated rings. The molecule has 1 aliphatic carbocycles. The molecule has 1 atom stereocenters. The van der Waals surface area contributed by atoms with Gasteiger partial charge in [-0.15, -0.1) is 0 Å². The van der Waals surface area contributed by atoms with Crippen molar-refractivity contribution in [3.63, 3.8) is 0 Å². The molecule has 1 aliphatic rings. The standard InChI is InChI=1S/C16H25ClN2/c1-12(18)13-9-10-16(15(17)11-13)19(2)14-7-5-3-4-6-8-14/h9-12,14H,3-8,18H2,1-2H3/t12-/m1/s1. The second-order valence-corrected chi connectivity index (χ2v) is 6.16. The summed E-state index contributed by atoms with van der Waals surface area (Å²) in [7, 11) is 2.17. The molecule has 0 bridgehead atoms. The number of nitrogens with two attached hydrogens (primary N) is 1. The third kappa shape index (κ3) is 3.64. The molecule has 0 aromatic heterocycles. The fourth-order valence-electron chi connectivity index (χ4n) is 2.93. The number of nitrogens with zero attached hydrogens (tertiary/aromatic N) is 1. The normalized spacial score (nSPS) is 18.9. The number of anilines is 1. The van der Waals surface area contributed by atoms with Gasteiger partial charge in [0, 0.05) is 19.1 Å². The minimum Gasteiger partial charge on any atom is -0.370 e. The summed E-state index contributed by atoms with van der Waals surface area (Å²) in [4.78, 5) is 2.36. The van der Waals surface area contributed by atoms with Crippen molar-refractivity contribution in [3.05, 3.63) is 28.8 Å². The number of halogens is 1. The third-order valence-electron chi connectivity index (χ3n) is 4.25. The van der Waals surface area contributed by atoms with Crippen molar-refractivity contribution >= 4 is 17.3 Å². The topological polar surface area (TPSA) is 29.3 Å². The highest BCUT2D eigenvalue weighted by atomic mass is 35.5. The first-order valence-electron chi connectivity index (χ1n) is 7.37. The van der Waals surface area contributed by atoms with Crippen LogP contribution in [0.5, 0.6) is 0 Å². The molecule has 19 heavy (non-hydrogen) atoms. The summed E-state index contributed by atoms with van der Waals surface area (Å²) in [5, 5.41) is 0.821. The van der Waals surface area contributed by atoms with Gasteiger partial charge in [-0.3, -0.25) is 0 Å². The molecule has 0 spiro atoms. The van der Waals surface area contributed by atoms with E-state index in [-0.39, 0.29) is 6.04 Å². The zero-order chi connectivity index (χ0) is 13.8. The Kier molecular flexibility index (Phi) is 5.12. The average molecular weight is 281 g/mol. The van der Waals surface area contributed by atoms with Crippen LogP contribution in [0, 0.1) is 0 Å². The van der Waals surface area contributed by atoms with Gasteiger partial charge in [0.1, 0.15) is 0 Å². The maximum atomic E-state index is 6.43. The maximum absolute atomic E-state index is 6.43. The van der Waals surface area contributed by atoms with E-state index in [9.17, 15) is 0 Å². The highest BCUT2D eigenvalue weighted by molar-refractivity contribution is 6.33. The summed E-state index contributed by atoms with van der Waals surface area (Å²) in [6, 6.07) is 6.88. The van der Waals surface area contributed by atoms with Gasteiger partial charge in [-0.05, 0) is 37.5 Å². The fourth-order valence-corrected chi connectivity index (χ4v) is 3.26. The molecule has 0 aliphatic heterocycles. The highest BCUT2D eigenvalue weighted by Crippen LogP contribution is 2.32. The highest BCUT2D eigenvalue weighted by Gasteiger charge is 2.19. The van der Waals surface area contributed by atoms with Crippen molar-refractivity contribution in [1.29, 1.82) is 0 Å². The number of rotatable bonds is 3. The van der Waals surface area contributed by atoms with Crippen LogP contribution in [0.15, 0.2) is 18.2 Å². The summed E-state index contributed by atoms with van der Waals surface area (Å²) in [6.07, 6.45) is 7.99. The quantitative estimate of drug-likeness (QED) is 0.825. The molecule has 1 aromatic rings. The first-order chi connectivity index (χ1) is 9.09. The van der Waals surface area contributed by atoms with Gasteiger partial charge < -0.3 is 10.6 Å². The van der Waals surface area contributed by atoms with Gasteiger partial charge in [-0.25, -0.2) is 0 Å². The molecule has 106 valence electrons. The van der Waals surface area contributed by atoms with Crippen LogP contribution in [-0.2, 0) is 0 Å². The van der Waals surface area contributed by atoms with E-state index in [2.05, 4.69) is 24.1 Å². The van der Waals surface area contributed by atoms with E-state index in [4.69, 9.17) is 17.3 Å². The van der Waals surface area contributed by atoms with Crippen molar-refractivity contribution in [1.82, 2.24) is 0 Å². The van der Waals surface area contributed by atoms with Crippen LogP contribution in [0.1, 0.15) is 57.1 Å². The monoisotopic (exact) mass is 280 g/mol. The molecule has 3 heteroatoms. The lowest BCUT2D eigenvalue weighted by Gasteiger charge is -2.30. The zero-order valence-corrected chi connectivity index (χ0v) is 12.8. The summed E-state index contributed by atoms with van der Waals surface area (Å²) in [5.41, 5.74) is 8.14. The first kappa shape index (κ1) is 14.7. The minimum absolute atomic E-state index is 0.0368. The molecule has 1 saturated carbocycles. The second kappa shape index (κ2) is 6.62. The predicted octanol–water partition coefficient (Wildman–Crippen LogP) is 4.52. The Bertz CT molecular complexity index is 409. The largest absolute Gasteiger partial charge is 0.370 e. The van der Waals surface area contributed by atoms with Crippen LogP contribution in [0.4, 0.5) is 5.69 Å². The maximum Gasteiger partial charge on any atom is 0.0642 e. The van der Waals surface area contributed by atoms with E-state index in [1.54, 1.807) is 0 Å². The van der Waals surface area contributed by atoms with Crippen LogP contribution in [0.25, 0.3) is 0 Å². The third-order valence-corrected chi connectivity index (χ3v) is 4.55. The Morgan fingerprint density at radius 3 is 2.37 bits per heavy atom. The molecule has 0 amide bonds. The van der Waals surface area contributed by atoms with Crippen LogP contribution in [0.2, 0.25) is 5.02 Å². The lowest BCUT2D eigenvalue weighted by atomic mass is 10.0. The molecule has 2 nitrogen and oxygen atoms in total. The Morgan fingerprint density at radius 1 is 1.21 bits per heavy atom.